The summed E-state index contributed by atoms with van der Waals surface area (Å²) in [6, 6.07) is 2.49. The maximum atomic E-state index is 12.5. The van der Waals surface area contributed by atoms with Gasteiger partial charge in [0.1, 0.15) is 13.9 Å². The van der Waals surface area contributed by atoms with Crippen molar-refractivity contribution in [2.24, 2.45) is 0 Å². The fourth-order valence-electron chi connectivity index (χ4n) is 2.25. The molecule has 33 heavy (non-hydrogen) atoms. The molecule has 0 aromatic heterocycles. The van der Waals surface area contributed by atoms with E-state index in [0.717, 1.165) is 25.1 Å². The van der Waals surface area contributed by atoms with Crippen molar-refractivity contribution in [2.75, 3.05) is 24.9 Å². The van der Waals surface area contributed by atoms with Crippen molar-refractivity contribution in [1.29, 1.82) is 0 Å². The van der Waals surface area contributed by atoms with Gasteiger partial charge in [-0.1, -0.05) is 10.5 Å². The number of halogens is 1. The van der Waals surface area contributed by atoms with Crippen LogP contribution in [0, 0.1) is 10.1 Å². The molecular weight excluding hydrogens is 544 g/mol. The minimum Gasteiger partial charge on any atom is -0.780 e. The van der Waals surface area contributed by atoms with E-state index in [1.54, 1.807) is 0 Å². The molecule has 0 fully saturated rings. The van der Waals surface area contributed by atoms with Crippen LogP contribution in [0.15, 0.2) is 18.2 Å². The number of benzene rings is 1. The number of nitro benzene ring substituents is 1. The average Bonchev–Trinajstić information content (AvgIpc) is 2.57. The molecule has 0 radical (unpaired) electrons. The number of carbonyl (C=O) groups is 1. The van der Waals surface area contributed by atoms with Crippen molar-refractivity contribution in [3.8, 4) is 5.75 Å². The van der Waals surface area contributed by atoms with Crippen LogP contribution >= 0.6 is 19.4 Å². The number of sulfonamides is 2. The summed E-state index contributed by atoms with van der Waals surface area (Å²) in [5, 5.41) is 11.2. The standard InChI is InChI=1S/C13H19ClN3O12PS2.Na/c1-9(10-4-5-12(29-30(21,22)23)11(8-10)17(19)20)28-13(18)16(32(3,26)27)15(7-6-14)31(2,24)25;/h4-5,8-9H,6-7H2,1-3H3,(H2,21,22,23);/q;+1/p-2. The molecule has 0 bridgehead atoms. The van der Waals surface area contributed by atoms with Crippen LogP contribution in [0.4, 0.5) is 10.5 Å². The number of carbonyl (C=O) groups excluding carboxylic acids is 1. The Morgan fingerprint density at radius 2 is 1.76 bits per heavy atom. The fourth-order valence-corrected chi connectivity index (χ4v) is 5.12. The van der Waals surface area contributed by atoms with Gasteiger partial charge in [0.05, 0.1) is 17.4 Å². The SMILES string of the molecule is CC(OC(=O)N(N(CCCl)S(C)(=O)=O)S(C)(=O)=O)c1ccc(OP(=O)([O-])[O-])c([N+](=O)[O-])c1.[Na+]. The van der Waals surface area contributed by atoms with E-state index in [1.807, 2.05) is 0 Å². The topological polar surface area (TPSA) is 217 Å². The summed E-state index contributed by atoms with van der Waals surface area (Å²) in [5.41, 5.74) is -1.10. The molecule has 182 valence electrons. The van der Waals surface area contributed by atoms with Crippen LogP contribution in [0.5, 0.6) is 5.75 Å². The molecule has 1 rings (SSSR count). The molecule has 0 aliphatic heterocycles. The summed E-state index contributed by atoms with van der Waals surface area (Å²) in [7, 11) is -14.4. The van der Waals surface area contributed by atoms with Crippen LogP contribution in [-0.2, 0) is 29.3 Å². The van der Waals surface area contributed by atoms with Gasteiger partial charge in [-0.25, -0.2) is 21.6 Å². The first kappa shape index (κ1) is 32.0. The van der Waals surface area contributed by atoms with Gasteiger partial charge in [0.2, 0.25) is 15.8 Å². The van der Waals surface area contributed by atoms with Crippen molar-refractivity contribution in [3.63, 3.8) is 0 Å². The monoisotopic (exact) mass is 560 g/mol. The number of phosphoric ester groups is 1. The Hall–Kier alpha value is -1.01. The zero-order chi connectivity index (χ0) is 25.1. The normalized spacial score (nSPS) is 13.1. The van der Waals surface area contributed by atoms with E-state index < -0.39 is 63.0 Å². The number of amides is 1. The molecule has 0 heterocycles. The zero-order valence-electron chi connectivity index (χ0n) is 17.6. The number of nitro groups is 1. The Morgan fingerprint density at radius 3 is 2.15 bits per heavy atom. The van der Waals surface area contributed by atoms with Crippen molar-refractivity contribution in [3.05, 3.63) is 33.9 Å². The number of phosphoric acid groups is 1. The second-order valence-electron chi connectivity index (χ2n) is 6.05. The number of alkyl halides is 1. The van der Waals surface area contributed by atoms with Gasteiger partial charge in [-0.3, -0.25) is 10.1 Å². The van der Waals surface area contributed by atoms with Crippen LogP contribution in [-0.4, -0.2) is 61.6 Å². The second kappa shape index (κ2) is 12.1. The van der Waals surface area contributed by atoms with Gasteiger partial charge < -0.3 is 23.6 Å². The summed E-state index contributed by atoms with van der Waals surface area (Å²) in [5.74, 6) is -1.27. The Morgan fingerprint density at radius 1 is 1.21 bits per heavy atom. The molecule has 1 aromatic carbocycles. The van der Waals surface area contributed by atoms with E-state index in [2.05, 4.69) is 4.52 Å². The molecule has 0 aliphatic rings. The molecule has 1 atom stereocenters. The fraction of sp³-hybridized carbons (Fsp3) is 0.462. The second-order valence-corrected chi connectivity index (χ2v) is 11.2. The number of hydrogen-bond acceptors (Lipinski definition) is 12. The van der Waals surface area contributed by atoms with Gasteiger partial charge in [-0.15, -0.1) is 16.0 Å². The molecule has 0 aliphatic carbocycles. The first-order valence-electron chi connectivity index (χ1n) is 8.13. The molecule has 1 unspecified atom stereocenters. The molecule has 0 saturated heterocycles. The summed E-state index contributed by atoms with van der Waals surface area (Å²) in [6.45, 7) is 0.565. The van der Waals surface area contributed by atoms with E-state index in [-0.39, 0.29) is 49.8 Å². The molecule has 0 spiro atoms. The molecular formula is C13H17ClN3NaO12PS2-. The van der Waals surface area contributed by atoms with Crippen LogP contribution in [0.25, 0.3) is 0 Å². The third-order valence-electron chi connectivity index (χ3n) is 3.47. The third-order valence-corrected chi connectivity index (χ3v) is 6.25. The van der Waals surface area contributed by atoms with Gasteiger partial charge in [-0.05, 0) is 18.6 Å². The molecule has 1 aromatic rings. The van der Waals surface area contributed by atoms with E-state index in [4.69, 9.17) is 16.3 Å². The molecule has 0 saturated carbocycles. The van der Waals surface area contributed by atoms with Crippen LogP contribution < -0.4 is 43.9 Å². The summed E-state index contributed by atoms with van der Waals surface area (Å²) < 4.78 is 67.7. The molecule has 20 heteroatoms. The van der Waals surface area contributed by atoms with Crippen molar-refractivity contribution >= 4 is 51.3 Å². The maximum absolute atomic E-state index is 12.5. The van der Waals surface area contributed by atoms with E-state index in [0.29, 0.717) is 12.5 Å². The van der Waals surface area contributed by atoms with Crippen molar-refractivity contribution in [2.45, 2.75) is 13.0 Å². The van der Waals surface area contributed by atoms with Crippen LogP contribution in [0.2, 0.25) is 0 Å². The number of nitrogens with zero attached hydrogens (tertiary/aromatic N) is 3. The predicted molar refractivity (Wildman–Crippen MR) is 105 cm³/mol. The van der Waals surface area contributed by atoms with Gasteiger partial charge in [0, 0.05) is 18.5 Å². The Balaban J connectivity index is 0.0000102. The first-order chi connectivity index (χ1) is 14.4. The van der Waals surface area contributed by atoms with Crippen molar-refractivity contribution in [1.82, 2.24) is 8.83 Å². The largest absolute Gasteiger partial charge is 1.00 e. The van der Waals surface area contributed by atoms with Crippen molar-refractivity contribution < 1.29 is 79.7 Å². The first-order valence-corrected chi connectivity index (χ1v) is 13.8. The van der Waals surface area contributed by atoms with Gasteiger partial charge >= 0.3 is 41.3 Å². The predicted octanol–water partition coefficient (Wildman–Crippen LogP) is -3.32. The summed E-state index contributed by atoms with van der Waals surface area (Å²) in [6.07, 6.45) is -1.90. The van der Waals surface area contributed by atoms with E-state index >= 15 is 0 Å². The molecule has 15 nitrogen and oxygen atoms in total. The molecule has 0 N–H and O–H groups in total. The Labute approximate surface area is 216 Å². The average molecular weight is 561 g/mol. The van der Waals surface area contributed by atoms with Gasteiger partial charge in [0.25, 0.3) is 10.0 Å². The quantitative estimate of drug-likeness (QED) is 0.0902. The maximum Gasteiger partial charge on any atom is 1.00 e. The summed E-state index contributed by atoms with van der Waals surface area (Å²) >= 11 is 5.49. The van der Waals surface area contributed by atoms with Crippen LogP contribution in [0.1, 0.15) is 18.6 Å². The minimum atomic E-state index is -5.62. The number of hydrazine groups is 1. The smallest absolute Gasteiger partial charge is 0.780 e. The van der Waals surface area contributed by atoms with Gasteiger partial charge in [0.15, 0.2) is 0 Å². The zero-order valence-corrected chi connectivity index (χ0v) is 22.9. The molecule has 1 amide bonds. The number of rotatable bonds is 10. The number of ether oxygens (including phenoxy) is 1. The minimum absolute atomic E-state index is 0. The Kier molecular flexibility index (Phi) is 11.7. The Bertz CT molecular complexity index is 1140. The summed E-state index contributed by atoms with van der Waals surface area (Å²) in [4.78, 5) is 44.1. The van der Waals surface area contributed by atoms with E-state index in [1.165, 1.54) is 0 Å². The third kappa shape index (κ3) is 9.64. The van der Waals surface area contributed by atoms with E-state index in [9.17, 15) is 46.1 Å². The van der Waals surface area contributed by atoms with Crippen LogP contribution in [0.3, 0.4) is 0 Å². The van der Waals surface area contributed by atoms with Gasteiger partial charge in [-0.2, -0.15) is 0 Å². The number of hydrogen-bond donors (Lipinski definition) is 0.